The lowest BCUT2D eigenvalue weighted by atomic mass is 10.2. The molecule has 23 heavy (non-hydrogen) atoms. The van der Waals surface area contributed by atoms with Gasteiger partial charge in [-0.25, -0.2) is 0 Å². The van der Waals surface area contributed by atoms with E-state index in [1.807, 2.05) is 0 Å². The number of hydrogen-bond donors (Lipinski definition) is 0. The lowest BCUT2D eigenvalue weighted by molar-refractivity contribution is -0.384. The predicted octanol–water partition coefficient (Wildman–Crippen LogP) is 3.28. The summed E-state index contributed by atoms with van der Waals surface area (Å²) in [6, 6.07) is 5.71. The highest BCUT2D eigenvalue weighted by molar-refractivity contribution is 7.17. The van der Waals surface area contributed by atoms with Gasteiger partial charge in [-0.1, -0.05) is 17.4 Å². The summed E-state index contributed by atoms with van der Waals surface area (Å²) in [4.78, 5) is 10.1. The maximum Gasteiger partial charge on any atom is 0.453 e. The molecule has 3 rings (SSSR count). The van der Waals surface area contributed by atoms with Gasteiger partial charge in [0.05, 0.1) is 4.92 Å². The standard InChI is InChI=1S/C12H6F3N5O2S/c13-12(14,15)10-16-17-11-19(10)18-9(23-11)6-3-7-1-4-8(5-2-7)20(21)22/h1-6H. The summed E-state index contributed by atoms with van der Waals surface area (Å²) in [5, 5.41) is 21.1. The van der Waals surface area contributed by atoms with E-state index in [4.69, 9.17) is 0 Å². The highest BCUT2D eigenvalue weighted by Crippen LogP contribution is 2.29. The fraction of sp³-hybridized carbons (Fsp3) is 0.0833. The number of halogens is 3. The van der Waals surface area contributed by atoms with Crippen LogP contribution in [0.1, 0.15) is 16.4 Å². The molecule has 0 N–H and O–H groups in total. The van der Waals surface area contributed by atoms with Crippen LogP contribution < -0.4 is 0 Å². The first-order valence-electron chi connectivity index (χ1n) is 6.06. The van der Waals surface area contributed by atoms with Crippen molar-refractivity contribution in [2.24, 2.45) is 0 Å². The number of nitro groups is 1. The number of benzene rings is 1. The molecule has 2 aromatic heterocycles. The van der Waals surface area contributed by atoms with E-state index in [1.165, 1.54) is 30.3 Å². The molecule has 0 spiro atoms. The number of aromatic nitrogens is 4. The summed E-state index contributed by atoms with van der Waals surface area (Å²) in [6.45, 7) is 0. The number of fused-ring (bicyclic) bond motifs is 1. The summed E-state index contributed by atoms with van der Waals surface area (Å²) in [5.41, 5.74) is 0.605. The van der Waals surface area contributed by atoms with E-state index in [-0.39, 0.29) is 10.6 Å². The van der Waals surface area contributed by atoms with Gasteiger partial charge in [0.25, 0.3) is 11.5 Å². The summed E-state index contributed by atoms with van der Waals surface area (Å²) >= 11 is 0.945. The van der Waals surface area contributed by atoms with Crippen LogP contribution in [0.5, 0.6) is 0 Å². The normalized spacial score (nSPS) is 12.3. The van der Waals surface area contributed by atoms with Crippen molar-refractivity contribution in [1.29, 1.82) is 0 Å². The molecule has 3 aromatic rings. The SMILES string of the molecule is O=[N+]([O-])c1ccc(C=Cc2nn3c(C(F)(F)F)nnc3s2)cc1. The zero-order chi connectivity index (χ0) is 16.6. The third-order valence-corrected chi connectivity index (χ3v) is 3.65. The van der Waals surface area contributed by atoms with Crippen molar-refractivity contribution < 1.29 is 18.1 Å². The lowest BCUT2D eigenvalue weighted by Crippen LogP contribution is -2.11. The lowest BCUT2D eigenvalue weighted by Gasteiger charge is -1.99. The van der Waals surface area contributed by atoms with E-state index >= 15 is 0 Å². The largest absolute Gasteiger partial charge is 0.453 e. The molecule has 0 saturated heterocycles. The first kappa shape index (κ1) is 15.1. The van der Waals surface area contributed by atoms with Crippen molar-refractivity contribution in [2.45, 2.75) is 6.18 Å². The molecule has 0 atom stereocenters. The van der Waals surface area contributed by atoms with Gasteiger partial charge >= 0.3 is 6.18 Å². The molecule has 0 aliphatic rings. The van der Waals surface area contributed by atoms with Crippen molar-refractivity contribution in [2.75, 3.05) is 0 Å². The molecule has 1 aromatic carbocycles. The minimum absolute atomic E-state index is 0.0284. The van der Waals surface area contributed by atoms with Crippen molar-refractivity contribution in [1.82, 2.24) is 19.8 Å². The number of rotatable bonds is 3. The van der Waals surface area contributed by atoms with Gasteiger partial charge in [-0.3, -0.25) is 10.1 Å². The Morgan fingerprint density at radius 3 is 2.48 bits per heavy atom. The molecule has 0 unspecified atom stereocenters. The average Bonchev–Trinajstić information content (AvgIpc) is 3.04. The Kier molecular flexibility index (Phi) is 3.56. The van der Waals surface area contributed by atoms with E-state index in [9.17, 15) is 23.3 Å². The summed E-state index contributed by atoms with van der Waals surface area (Å²) < 4.78 is 38.7. The van der Waals surface area contributed by atoms with Gasteiger partial charge in [0.2, 0.25) is 4.96 Å². The number of nitro benzene ring substituents is 1. The molecular weight excluding hydrogens is 335 g/mol. The van der Waals surface area contributed by atoms with E-state index in [2.05, 4.69) is 15.3 Å². The van der Waals surface area contributed by atoms with Crippen molar-refractivity contribution in [3.05, 3.63) is 50.8 Å². The molecule has 0 bridgehead atoms. The fourth-order valence-corrected chi connectivity index (χ4v) is 2.49. The third kappa shape index (κ3) is 3.04. The quantitative estimate of drug-likeness (QED) is 0.539. The van der Waals surface area contributed by atoms with Gasteiger partial charge in [-0.2, -0.15) is 22.8 Å². The van der Waals surface area contributed by atoms with Gasteiger partial charge in [-0.05, 0) is 23.8 Å². The molecular formula is C12H6F3N5O2S. The molecule has 0 fully saturated rings. The van der Waals surface area contributed by atoms with Crippen LogP contribution in [0.3, 0.4) is 0 Å². The molecule has 0 radical (unpaired) electrons. The first-order chi connectivity index (χ1) is 10.8. The Morgan fingerprint density at radius 1 is 1.17 bits per heavy atom. The smallest absolute Gasteiger partial charge is 0.258 e. The van der Waals surface area contributed by atoms with Crippen LogP contribution in [0, 0.1) is 10.1 Å². The van der Waals surface area contributed by atoms with Crippen molar-refractivity contribution in [3.63, 3.8) is 0 Å². The van der Waals surface area contributed by atoms with Crippen LogP contribution in [0.2, 0.25) is 0 Å². The fourth-order valence-electron chi connectivity index (χ4n) is 1.75. The molecule has 11 heteroatoms. The van der Waals surface area contributed by atoms with E-state index < -0.39 is 16.9 Å². The second-order valence-electron chi connectivity index (χ2n) is 4.34. The van der Waals surface area contributed by atoms with Gasteiger partial charge in [-0.15, -0.1) is 10.2 Å². The molecule has 0 saturated carbocycles. The second-order valence-corrected chi connectivity index (χ2v) is 5.33. The van der Waals surface area contributed by atoms with Gasteiger partial charge < -0.3 is 0 Å². The number of nitrogens with zero attached hydrogens (tertiary/aromatic N) is 5. The molecule has 118 valence electrons. The molecule has 0 amide bonds. The Morgan fingerprint density at radius 2 is 1.87 bits per heavy atom. The number of non-ortho nitro benzene ring substituents is 1. The van der Waals surface area contributed by atoms with Crippen LogP contribution in [-0.2, 0) is 6.18 Å². The Bertz CT molecular complexity index is 898. The Balaban J connectivity index is 1.86. The highest BCUT2D eigenvalue weighted by Gasteiger charge is 2.38. The topological polar surface area (TPSA) is 86.2 Å². The van der Waals surface area contributed by atoms with Crippen molar-refractivity contribution >= 4 is 34.1 Å². The predicted molar refractivity (Wildman–Crippen MR) is 75.7 cm³/mol. The van der Waals surface area contributed by atoms with Crippen LogP contribution in [0.15, 0.2) is 24.3 Å². The van der Waals surface area contributed by atoms with Crippen LogP contribution >= 0.6 is 11.3 Å². The molecule has 7 nitrogen and oxygen atoms in total. The summed E-state index contributed by atoms with van der Waals surface area (Å²) in [5.74, 6) is -1.18. The maximum atomic E-state index is 12.7. The Hall–Kier alpha value is -2.82. The zero-order valence-corrected chi connectivity index (χ0v) is 11.9. The van der Waals surface area contributed by atoms with Gasteiger partial charge in [0.1, 0.15) is 5.01 Å². The number of hydrogen-bond acceptors (Lipinski definition) is 6. The highest BCUT2D eigenvalue weighted by atomic mass is 32.1. The Labute approximate surface area is 129 Å². The zero-order valence-electron chi connectivity index (χ0n) is 11.1. The van der Waals surface area contributed by atoms with Crippen LogP contribution in [0.25, 0.3) is 17.1 Å². The molecule has 0 aliphatic heterocycles. The van der Waals surface area contributed by atoms with Gasteiger partial charge in [0, 0.05) is 12.1 Å². The number of alkyl halides is 3. The third-order valence-electron chi connectivity index (χ3n) is 2.78. The maximum absolute atomic E-state index is 12.7. The molecule has 2 heterocycles. The minimum atomic E-state index is -4.63. The molecule has 0 aliphatic carbocycles. The first-order valence-corrected chi connectivity index (χ1v) is 6.88. The van der Waals surface area contributed by atoms with Crippen LogP contribution in [-0.4, -0.2) is 24.7 Å². The second kappa shape index (κ2) is 5.43. The minimum Gasteiger partial charge on any atom is -0.258 e. The average molecular weight is 341 g/mol. The van der Waals surface area contributed by atoms with E-state index in [1.54, 1.807) is 6.08 Å². The van der Waals surface area contributed by atoms with E-state index in [0.29, 0.717) is 15.1 Å². The van der Waals surface area contributed by atoms with E-state index in [0.717, 1.165) is 11.3 Å². The van der Waals surface area contributed by atoms with Crippen LogP contribution in [0.4, 0.5) is 18.9 Å². The monoisotopic (exact) mass is 341 g/mol. The van der Waals surface area contributed by atoms with Gasteiger partial charge in [0.15, 0.2) is 0 Å². The van der Waals surface area contributed by atoms with Crippen molar-refractivity contribution in [3.8, 4) is 0 Å². The summed E-state index contributed by atoms with van der Waals surface area (Å²) in [7, 11) is 0. The summed E-state index contributed by atoms with van der Waals surface area (Å²) in [6.07, 6.45) is -1.55.